The Kier molecular flexibility index (Phi) is 6.12. The summed E-state index contributed by atoms with van der Waals surface area (Å²) in [6, 6.07) is 8.66. The van der Waals surface area contributed by atoms with E-state index in [-0.39, 0.29) is 17.1 Å². The van der Waals surface area contributed by atoms with Crippen LogP contribution in [0, 0.1) is 6.92 Å². The fourth-order valence-corrected chi connectivity index (χ4v) is 2.41. The number of anilines is 1. The predicted octanol–water partition coefficient (Wildman–Crippen LogP) is 2.67. The van der Waals surface area contributed by atoms with Gasteiger partial charge >= 0.3 is 17.8 Å². The van der Waals surface area contributed by atoms with Crippen molar-refractivity contribution in [2.24, 2.45) is 0 Å². The summed E-state index contributed by atoms with van der Waals surface area (Å²) < 4.78 is 51.5. The van der Waals surface area contributed by atoms with Crippen molar-refractivity contribution in [1.82, 2.24) is 10.3 Å². The van der Waals surface area contributed by atoms with Crippen LogP contribution in [0.4, 0.5) is 19.0 Å². The molecule has 2 N–H and O–H groups in total. The average Bonchev–Trinajstić information content (AvgIpc) is 2.67. The third-order valence-electron chi connectivity index (χ3n) is 3.88. The maximum Gasteiger partial charge on any atom is 0.441 e. The third kappa shape index (κ3) is 4.00. The Bertz CT molecular complexity index is 873. The van der Waals surface area contributed by atoms with Crippen LogP contribution < -0.4 is 15.4 Å². The molecule has 0 saturated carbocycles. The van der Waals surface area contributed by atoms with E-state index in [2.05, 4.69) is 9.72 Å². The smallest absolute Gasteiger partial charge is 0.441 e. The summed E-state index contributed by atoms with van der Waals surface area (Å²) in [5.74, 6) is -3.16. The molecule has 1 atom stereocenters. The highest BCUT2D eigenvalue weighted by molar-refractivity contribution is 6.01. The molecule has 0 radical (unpaired) electrons. The van der Waals surface area contributed by atoms with E-state index in [1.54, 1.807) is 11.4 Å². The van der Waals surface area contributed by atoms with Crippen molar-refractivity contribution in [1.29, 1.82) is 0 Å². The van der Waals surface area contributed by atoms with E-state index in [0.717, 1.165) is 7.11 Å². The molecule has 0 spiro atoms. The van der Waals surface area contributed by atoms with Crippen molar-refractivity contribution < 1.29 is 32.2 Å². The lowest BCUT2D eigenvalue weighted by Crippen LogP contribution is -2.69. The molecule has 0 aliphatic rings. The van der Waals surface area contributed by atoms with E-state index < -0.39 is 23.7 Å². The van der Waals surface area contributed by atoms with Gasteiger partial charge in [-0.1, -0.05) is 18.2 Å². The van der Waals surface area contributed by atoms with Crippen molar-refractivity contribution in [3.05, 3.63) is 53.7 Å². The Morgan fingerprint density at radius 2 is 1.75 bits per heavy atom. The van der Waals surface area contributed by atoms with E-state index in [9.17, 15) is 22.8 Å². The fraction of sp³-hybridized carbons (Fsp3) is 0.278. The van der Waals surface area contributed by atoms with Crippen molar-refractivity contribution in [3.8, 4) is 5.75 Å². The summed E-state index contributed by atoms with van der Waals surface area (Å²) in [5, 5.41) is 3.72. The van der Waals surface area contributed by atoms with Crippen molar-refractivity contribution >= 4 is 17.7 Å². The van der Waals surface area contributed by atoms with Crippen LogP contribution in [0.5, 0.6) is 5.75 Å². The highest BCUT2D eigenvalue weighted by atomic mass is 19.4. The molecule has 0 aliphatic heterocycles. The van der Waals surface area contributed by atoms with Gasteiger partial charge in [-0.3, -0.25) is 4.79 Å². The fourth-order valence-electron chi connectivity index (χ4n) is 2.41. The molecular weight excluding hydrogens is 379 g/mol. The molecule has 0 aliphatic carbocycles. The number of hydrogen-bond donors (Lipinski definition) is 2. The number of nitrogens with one attached hydrogen (secondary N) is 2. The number of halogens is 3. The number of hydrogen-bond acceptors (Lipinski definition) is 6. The molecule has 2 aromatic rings. The van der Waals surface area contributed by atoms with Crippen LogP contribution in [0.25, 0.3) is 0 Å². The number of pyridine rings is 1. The largest absolute Gasteiger partial charge is 0.496 e. The lowest BCUT2D eigenvalue weighted by Gasteiger charge is -2.35. The monoisotopic (exact) mass is 397 g/mol. The number of amides is 1. The summed E-state index contributed by atoms with van der Waals surface area (Å²) in [7, 11) is 2.05. The van der Waals surface area contributed by atoms with Crippen LogP contribution in [-0.4, -0.2) is 42.9 Å². The quantitative estimate of drug-likeness (QED) is 0.576. The zero-order chi connectivity index (χ0) is 20.9. The minimum atomic E-state index is -5.26. The Labute approximate surface area is 158 Å². The maximum atomic E-state index is 14.1. The Morgan fingerprint density at radius 1 is 1.07 bits per heavy atom. The van der Waals surface area contributed by atoms with E-state index in [0.29, 0.717) is 5.56 Å². The van der Waals surface area contributed by atoms with E-state index >= 15 is 0 Å². The zero-order valence-electron chi connectivity index (χ0n) is 15.3. The maximum absolute atomic E-state index is 14.1. The van der Waals surface area contributed by atoms with Crippen molar-refractivity contribution in [2.75, 3.05) is 19.5 Å². The molecule has 1 amide bonds. The first-order chi connectivity index (χ1) is 13.2. The van der Waals surface area contributed by atoms with Gasteiger partial charge < -0.3 is 20.1 Å². The van der Waals surface area contributed by atoms with Gasteiger partial charge in [-0.15, -0.1) is 0 Å². The number of carbonyl (C=O) groups excluding carboxylic acids is 2. The molecular formula is C18H18F3N3O4. The number of aryl methyl sites for hydroxylation is 1. The molecule has 28 heavy (non-hydrogen) atoms. The zero-order valence-corrected chi connectivity index (χ0v) is 15.3. The first-order valence-corrected chi connectivity index (χ1v) is 7.96. The van der Waals surface area contributed by atoms with E-state index in [1.165, 1.54) is 50.6 Å². The van der Waals surface area contributed by atoms with Gasteiger partial charge in [-0.2, -0.15) is 13.2 Å². The number of carbonyl (C=O) groups is 2. The number of alkyl halides is 3. The standard InChI is InChI=1S/C18H18F3N3O4/c1-11-7-6-10-22-14(11)23-17(16(26)28-3,18(19,20)21)24-15(25)12-8-4-5-9-13(12)27-2/h4-10H,1-3H3,(H,22,23)(H,24,25)/t17-/m0/s1. The first kappa shape index (κ1) is 21.0. The van der Waals surface area contributed by atoms with Crippen molar-refractivity contribution in [3.63, 3.8) is 0 Å². The van der Waals surface area contributed by atoms with Gasteiger partial charge in [0.15, 0.2) is 0 Å². The second kappa shape index (κ2) is 8.15. The minimum absolute atomic E-state index is 0.0370. The van der Waals surface area contributed by atoms with Gasteiger partial charge in [-0.05, 0) is 30.7 Å². The number of rotatable bonds is 6. The Hall–Kier alpha value is -3.30. The van der Waals surface area contributed by atoms with Crippen LogP contribution in [0.15, 0.2) is 42.6 Å². The topological polar surface area (TPSA) is 89.5 Å². The van der Waals surface area contributed by atoms with Crippen LogP contribution in [-0.2, 0) is 9.53 Å². The summed E-state index contributed by atoms with van der Waals surface area (Å²) in [6.07, 6.45) is -4.02. The highest BCUT2D eigenvalue weighted by Gasteiger charge is 2.64. The minimum Gasteiger partial charge on any atom is -0.496 e. The second-order valence-corrected chi connectivity index (χ2v) is 5.69. The van der Waals surface area contributed by atoms with Crippen molar-refractivity contribution in [2.45, 2.75) is 18.8 Å². The number of methoxy groups -OCH3 is 2. The molecule has 0 saturated heterocycles. The summed E-state index contributed by atoms with van der Waals surface area (Å²) >= 11 is 0. The van der Waals surface area contributed by atoms with Gasteiger partial charge in [-0.25, -0.2) is 9.78 Å². The van der Waals surface area contributed by atoms with Gasteiger partial charge in [0.05, 0.1) is 19.8 Å². The molecule has 1 aromatic heterocycles. The number of para-hydroxylation sites is 1. The molecule has 2 rings (SSSR count). The second-order valence-electron chi connectivity index (χ2n) is 5.69. The number of aromatic nitrogens is 1. The van der Waals surface area contributed by atoms with Gasteiger partial charge in [0.1, 0.15) is 11.6 Å². The molecule has 10 heteroatoms. The van der Waals surface area contributed by atoms with Gasteiger partial charge in [0, 0.05) is 6.20 Å². The Balaban J connectivity index is 2.55. The number of nitrogens with zero attached hydrogens (tertiary/aromatic N) is 1. The molecule has 7 nitrogen and oxygen atoms in total. The number of esters is 1. The molecule has 150 valence electrons. The lowest BCUT2D eigenvalue weighted by atomic mass is 10.1. The highest BCUT2D eigenvalue weighted by Crippen LogP contribution is 2.34. The summed E-state index contributed by atoms with van der Waals surface area (Å²) in [5.41, 5.74) is -3.44. The number of benzene rings is 1. The summed E-state index contributed by atoms with van der Waals surface area (Å²) in [6.45, 7) is 1.50. The normalized spacial score (nSPS) is 13.2. The molecule has 0 bridgehead atoms. The molecule has 0 fully saturated rings. The predicted molar refractivity (Wildman–Crippen MR) is 93.9 cm³/mol. The lowest BCUT2D eigenvalue weighted by molar-refractivity contribution is -0.203. The Morgan fingerprint density at radius 3 is 2.32 bits per heavy atom. The average molecular weight is 397 g/mol. The van der Waals surface area contributed by atoms with Crippen LogP contribution in [0.1, 0.15) is 15.9 Å². The van der Waals surface area contributed by atoms with Crippen LogP contribution in [0.3, 0.4) is 0 Å². The number of ether oxygens (including phenoxy) is 2. The summed E-state index contributed by atoms with van der Waals surface area (Å²) in [4.78, 5) is 28.7. The van der Waals surface area contributed by atoms with Crippen LogP contribution >= 0.6 is 0 Å². The van der Waals surface area contributed by atoms with Gasteiger partial charge in [0.2, 0.25) is 0 Å². The molecule has 1 aromatic carbocycles. The molecule has 0 unspecified atom stereocenters. The van der Waals surface area contributed by atoms with Gasteiger partial charge in [0.25, 0.3) is 5.91 Å². The van der Waals surface area contributed by atoms with E-state index in [4.69, 9.17) is 4.74 Å². The molecule has 1 heterocycles. The first-order valence-electron chi connectivity index (χ1n) is 7.96. The van der Waals surface area contributed by atoms with Crippen LogP contribution in [0.2, 0.25) is 0 Å². The SMILES string of the molecule is COC(=O)[C@@](NC(=O)c1ccccc1OC)(Nc1ncccc1C)C(F)(F)F. The third-order valence-corrected chi connectivity index (χ3v) is 3.88. The van der Waals surface area contributed by atoms with E-state index in [1.807, 2.05) is 5.32 Å².